The number of aromatic nitrogens is 3. The maximum Gasteiger partial charge on any atom is 0.164 e. The molecule has 0 saturated carbocycles. The van der Waals surface area contributed by atoms with Gasteiger partial charge in [-0.25, -0.2) is 15.0 Å². The summed E-state index contributed by atoms with van der Waals surface area (Å²) in [5, 5.41) is 5.99. The SMILES string of the molecule is C1=CC(c2nc(-c3ccccc3)nc(-c3cccc4oc5cccc(-c6ccc7c(c6)sc6ccccc67)c5c34)n2)Cc2sc3ccccc3c21. The lowest BCUT2D eigenvalue weighted by Gasteiger charge is -2.17. The Hall–Kier alpha value is -5.95. The minimum atomic E-state index is 0.0265. The van der Waals surface area contributed by atoms with E-state index < -0.39 is 0 Å². The highest BCUT2D eigenvalue weighted by Crippen LogP contribution is 2.44. The van der Waals surface area contributed by atoms with Gasteiger partial charge in [0.05, 0.1) is 0 Å². The number of fused-ring (bicyclic) bond motifs is 9. The summed E-state index contributed by atoms with van der Waals surface area (Å²) >= 11 is 3.71. The van der Waals surface area contributed by atoms with Gasteiger partial charge < -0.3 is 4.42 Å². The van der Waals surface area contributed by atoms with Gasteiger partial charge in [0.1, 0.15) is 17.0 Å². The van der Waals surface area contributed by atoms with E-state index in [4.69, 9.17) is 19.4 Å². The second kappa shape index (κ2) is 11.3. The molecule has 1 aliphatic rings. The largest absolute Gasteiger partial charge is 0.456 e. The average molecular weight is 690 g/mol. The number of rotatable bonds is 4. The Kier molecular flexibility index (Phi) is 6.38. The molecule has 0 bridgehead atoms. The minimum Gasteiger partial charge on any atom is -0.456 e. The van der Waals surface area contributed by atoms with Crippen molar-refractivity contribution >= 4 is 80.9 Å². The molecule has 0 N–H and O–H groups in total. The summed E-state index contributed by atoms with van der Waals surface area (Å²) < 4.78 is 10.5. The molecule has 0 spiro atoms. The molecule has 240 valence electrons. The minimum absolute atomic E-state index is 0.0265. The van der Waals surface area contributed by atoms with Gasteiger partial charge in [-0.2, -0.15) is 0 Å². The quantitative estimate of drug-likeness (QED) is 0.185. The molecule has 6 heteroatoms. The Balaban J connectivity index is 1.11. The van der Waals surface area contributed by atoms with E-state index in [1.54, 1.807) is 0 Å². The molecule has 6 aromatic carbocycles. The van der Waals surface area contributed by atoms with Gasteiger partial charge >= 0.3 is 0 Å². The summed E-state index contributed by atoms with van der Waals surface area (Å²) in [4.78, 5) is 16.9. The van der Waals surface area contributed by atoms with Crippen molar-refractivity contribution < 1.29 is 4.42 Å². The van der Waals surface area contributed by atoms with Crippen LogP contribution in [-0.2, 0) is 6.42 Å². The summed E-state index contributed by atoms with van der Waals surface area (Å²) in [6.45, 7) is 0. The molecule has 10 aromatic rings. The Morgan fingerprint density at radius 2 is 1.22 bits per heavy atom. The third-order valence-electron chi connectivity index (χ3n) is 10.1. The van der Waals surface area contributed by atoms with Crippen molar-refractivity contribution in [3.05, 3.63) is 156 Å². The molecule has 1 unspecified atom stereocenters. The molecule has 4 aromatic heterocycles. The topological polar surface area (TPSA) is 51.8 Å². The predicted octanol–water partition coefficient (Wildman–Crippen LogP) is 12.7. The Morgan fingerprint density at radius 3 is 2.06 bits per heavy atom. The van der Waals surface area contributed by atoms with E-state index in [-0.39, 0.29) is 5.92 Å². The van der Waals surface area contributed by atoms with E-state index in [0.29, 0.717) is 11.6 Å². The second-order valence-corrected chi connectivity index (χ2v) is 15.3. The summed E-state index contributed by atoms with van der Waals surface area (Å²) in [5.74, 6) is 2.13. The number of thiophene rings is 2. The second-order valence-electron chi connectivity index (χ2n) is 13.1. The number of nitrogens with zero attached hydrogens (tertiary/aromatic N) is 3. The van der Waals surface area contributed by atoms with Gasteiger partial charge in [0.2, 0.25) is 0 Å². The third kappa shape index (κ3) is 4.61. The van der Waals surface area contributed by atoms with Crippen molar-refractivity contribution in [1.82, 2.24) is 15.0 Å². The van der Waals surface area contributed by atoms with Gasteiger partial charge in [0.25, 0.3) is 0 Å². The van der Waals surface area contributed by atoms with Gasteiger partial charge in [-0.15, -0.1) is 22.7 Å². The first kappa shape index (κ1) is 28.8. The predicted molar refractivity (Wildman–Crippen MR) is 214 cm³/mol. The van der Waals surface area contributed by atoms with Crippen LogP contribution in [-0.4, -0.2) is 15.0 Å². The van der Waals surface area contributed by atoms with E-state index in [1.807, 2.05) is 53.0 Å². The number of hydrogen-bond acceptors (Lipinski definition) is 6. The van der Waals surface area contributed by atoms with Crippen molar-refractivity contribution in [2.24, 2.45) is 0 Å². The lowest BCUT2D eigenvalue weighted by atomic mass is 9.93. The molecule has 4 heterocycles. The summed E-state index contributed by atoms with van der Waals surface area (Å²) in [5.41, 5.74) is 7.16. The molecule has 0 fully saturated rings. The van der Waals surface area contributed by atoms with Crippen LogP contribution in [0, 0.1) is 0 Å². The molecular formula is C45H27N3OS2. The van der Waals surface area contributed by atoms with Crippen LogP contribution in [0.15, 0.2) is 144 Å². The van der Waals surface area contributed by atoms with Crippen LogP contribution >= 0.6 is 22.7 Å². The molecule has 0 saturated heterocycles. The first-order chi connectivity index (χ1) is 25.2. The van der Waals surface area contributed by atoms with Crippen LogP contribution in [0.2, 0.25) is 0 Å². The van der Waals surface area contributed by atoms with E-state index >= 15 is 0 Å². The lowest BCUT2D eigenvalue weighted by molar-refractivity contribution is 0.669. The van der Waals surface area contributed by atoms with Gasteiger partial charge in [0, 0.05) is 57.6 Å². The van der Waals surface area contributed by atoms with E-state index in [2.05, 4.69) is 115 Å². The fourth-order valence-electron chi connectivity index (χ4n) is 7.69. The standard InChI is InChI=1S/C45H27N3OS2/c1-2-10-26(11-3-1)43-46-44(28-21-23-33-31-13-5-7-19-38(31)51-40(33)25-28)48-45(47-43)34-15-9-17-36-42(34)41-29(14-8-16-35(41)49-36)27-20-22-32-30-12-4-6-18-37(30)50-39(32)24-27/h1-24,28H,25H2. The van der Waals surface area contributed by atoms with Crippen LogP contribution in [0.1, 0.15) is 22.2 Å². The first-order valence-electron chi connectivity index (χ1n) is 17.1. The van der Waals surface area contributed by atoms with Crippen LogP contribution in [0.5, 0.6) is 0 Å². The van der Waals surface area contributed by atoms with Crippen molar-refractivity contribution in [2.45, 2.75) is 12.3 Å². The van der Waals surface area contributed by atoms with Crippen LogP contribution < -0.4 is 0 Å². The zero-order chi connectivity index (χ0) is 33.5. The highest BCUT2D eigenvalue weighted by Gasteiger charge is 2.25. The molecule has 51 heavy (non-hydrogen) atoms. The smallest absolute Gasteiger partial charge is 0.164 e. The molecular weight excluding hydrogens is 663 g/mol. The van der Waals surface area contributed by atoms with Crippen molar-refractivity contribution in [1.29, 1.82) is 0 Å². The summed E-state index contributed by atoms with van der Waals surface area (Å²) in [6.07, 6.45) is 5.38. The third-order valence-corrected chi connectivity index (χ3v) is 12.4. The molecule has 0 aliphatic heterocycles. The number of benzene rings is 6. The normalized spacial score (nSPS) is 14.3. The first-order valence-corrected chi connectivity index (χ1v) is 18.7. The molecule has 1 aliphatic carbocycles. The van der Waals surface area contributed by atoms with E-state index in [9.17, 15) is 0 Å². The molecule has 11 rings (SSSR count). The van der Waals surface area contributed by atoms with Gasteiger partial charge in [-0.1, -0.05) is 115 Å². The van der Waals surface area contributed by atoms with Crippen LogP contribution in [0.4, 0.5) is 0 Å². The van der Waals surface area contributed by atoms with Gasteiger partial charge in [-0.05, 0) is 58.8 Å². The molecule has 0 amide bonds. The van der Waals surface area contributed by atoms with Crippen molar-refractivity contribution in [2.75, 3.05) is 0 Å². The van der Waals surface area contributed by atoms with Crippen LogP contribution in [0.3, 0.4) is 0 Å². The summed E-state index contributed by atoms with van der Waals surface area (Å²) in [6, 6.07) is 46.9. The van der Waals surface area contributed by atoms with Gasteiger partial charge in [-0.3, -0.25) is 0 Å². The molecule has 1 atom stereocenters. The Bertz CT molecular complexity index is 3020. The number of furan rings is 1. The fourth-order valence-corrected chi connectivity index (χ4v) is 10.1. The summed E-state index contributed by atoms with van der Waals surface area (Å²) in [7, 11) is 0. The zero-order valence-corrected chi connectivity index (χ0v) is 28.8. The number of hydrogen-bond donors (Lipinski definition) is 0. The lowest BCUT2D eigenvalue weighted by Crippen LogP contribution is -2.11. The highest BCUT2D eigenvalue weighted by atomic mass is 32.1. The number of allylic oxidation sites excluding steroid dienone is 1. The van der Waals surface area contributed by atoms with E-state index in [1.165, 1.54) is 40.7 Å². The maximum atomic E-state index is 6.56. The van der Waals surface area contributed by atoms with Crippen LogP contribution in [0.25, 0.3) is 92.2 Å². The van der Waals surface area contributed by atoms with E-state index in [0.717, 1.165) is 56.4 Å². The Morgan fingerprint density at radius 1 is 0.529 bits per heavy atom. The average Bonchev–Trinajstić information content (AvgIpc) is 3.88. The van der Waals surface area contributed by atoms with Crippen molar-refractivity contribution in [3.63, 3.8) is 0 Å². The monoisotopic (exact) mass is 689 g/mol. The molecule has 4 nitrogen and oxygen atoms in total. The Labute approximate surface area is 301 Å². The maximum absolute atomic E-state index is 6.56. The van der Waals surface area contributed by atoms with Crippen molar-refractivity contribution in [3.8, 4) is 33.9 Å². The zero-order valence-electron chi connectivity index (χ0n) is 27.2. The van der Waals surface area contributed by atoms with Gasteiger partial charge in [0.15, 0.2) is 11.6 Å². The fraction of sp³-hybridized carbons (Fsp3) is 0.0444. The highest BCUT2D eigenvalue weighted by molar-refractivity contribution is 7.25. The molecule has 0 radical (unpaired) electrons.